The monoisotopic (exact) mass is 316 g/mol. The van der Waals surface area contributed by atoms with Crippen LogP contribution >= 0.6 is 0 Å². The number of nitrogens with two attached hydrogens (primary N) is 1. The fourth-order valence-corrected chi connectivity index (χ4v) is 1.65. The highest BCUT2D eigenvalue weighted by Gasteiger charge is 2.16. The molecule has 0 unspecified atom stereocenters. The molecule has 8 heteroatoms. The van der Waals surface area contributed by atoms with Crippen molar-refractivity contribution in [2.75, 3.05) is 17.7 Å². The number of primary sulfonamides is 1. The third kappa shape index (κ3) is 8.16. The van der Waals surface area contributed by atoms with E-state index in [1.807, 2.05) is 0 Å². The zero-order chi connectivity index (χ0) is 16.1. The predicted molar refractivity (Wildman–Crippen MR) is 79.8 cm³/mol. The maximum absolute atomic E-state index is 11.6. The van der Waals surface area contributed by atoms with Crippen LogP contribution in [0.3, 0.4) is 0 Å². The van der Waals surface area contributed by atoms with Crippen LogP contribution < -0.4 is 15.2 Å². The van der Waals surface area contributed by atoms with Crippen LogP contribution in [0.2, 0.25) is 0 Å². The molecule has 1 aromatic carbocycles. The number of benzene rings is 1. The first kappa shape index (κ1) is 17.3. The van der Waals surface area contributed by atoms with Crippen LogP contribution in [0, 0.1) is 0 Å². The first-order chi connectivity index (χ1) is 9.55. The predicted octanol–water partition coefficient (Wildman–Crippen LogP) is 1.70. The van der Waals surface area contributed by atoms with E-state index < -0.39 is 21.7 Å². The van der Waals surface area contributed by atoms with Crippen LogP contribution in [0.1, 0.15) is 20.8 Å². The average molecular weight is 316 g/mol. The van der Waals surface area contributed by atoms with Crippen molar-refractivity contribution >= 4 is 21.8 Å². The molecule has 0 aliphatic heterocycles. The zero-order valence-electron chi connectivity index (χ0n) is 12.3. The van der Waals surface area contributed by atoms with Crippen LogP contribution in [0.4, 0.5) is 10.5 Å². The summed E-state index contributed by atoms with van der Waals surface area (Å²) in [6.07, 6.45) is -0.551. The Bertz CT molecular complexity index is 576. The third-order valence-corrected chi connectivity index (χ3v) is 2.87. The number of anilines is 1. The van der Waals surface area contributed by atoms with Gasteiger partial charge in [0.25, 0.3) is 0 Å². The largest absolute Gasteiger partial charge is 0.492 e. The summed E-state index contributed by atoms with van der Waals surface area (Å²) in [6, 6.07) is 6.46. The second-order valence-electron chi connectivity index (χ2n) is 5.37. The first-order valence-corrected chi connectivity index (χ1v) is 8.00. The van der Waals surface area contributed by atoms with E-state index in [0.717, 1.165) is 0 Å². The molecule has 118 valence electrons. The molecule has 7 nitrogen and oxygen atoms in total. The Labute approximate surface area is 124 Å². The summed E-state index contributed by atoms with van der Waals surface area (Å²) < 4.78 is 31.8. The minimum absolute atomic E-state index is 0.0301. The van der Waals surface area contributed by atoms with Crippen molar-refractivity contribution in [3.8, 4) is 5.75 Å². The second-order valence-corrected chi connectivity index (χ2v) is 7.10. The van der Waals surface area contributed by atoms with E-state index >= 15 is 0 Å². The Morgan fingerprint density at radius 1 is 1.24 bits per heavy atom. The molecule has 0 radical (unpaired) electrons. The van der Waals surface area contributed by atoms with Gasteiger partial charge in [-0.1, -0.05) is 0 Å². The van der Waals surface area contributed by atoms with Crippen molar-refractivity contribution in [1.82, 2.24) is 0 Å². The SMILES string of the molecule is CC(C)(C)OC(=O)Nc1ccc(OCCS(N)(=O)=O)cc1. The molecule has 0 atom stereocenters. The van der Waals surface area contributed by atoms with E-state index in [1.54, 1.807) is 45.0 Å². The molecule has 3 N–H and O–H groups in total. The highest BCUT2D eigenvalue weighted by molar-refractivity contribution is 7.89. The molecule has 0 saturated carbocycles. The number of hydrogen-bond acceptors (Lipinski definition) is 5. The van der Waals surface area contributed by atoms with Gasteiger partial charge in [-0.2, -0.15) is 0 Å². The number of carbonyl (C=O) groups excluding carboxylic acids is 1. The van der Waals surface area contributed by atoms with Crippen molar-refractivity contribution in [2.24, 2.45) is 5.14 Å². The molecule has 0 bridgehead atoms. The molecule has 1 aromatic rings. The number of rotatable bonds is 5. The minimum Gasteiger partial charge on any atom is -0.492 e. The molecule has 0 heterocycles. The van der Waals surface area contributed by atoms with Gasteiger partial charge in [-0.3, -0.25) is 5.32 Å². The fourth-order valence-electron chi connectivity index (χ4n) is 1.33. The van der Waals surface area contributed by atoms with Crippen LogP contribution in [-0.2, 0) is 14.8 Å². The van der Waals surface area contributed by atoms with Crippen molar-refractivity contribution in [2.45, 2.75) is 26.4 Å². The number of ether oxygens (including phenoxy) is 2. The smallest absolute Gasteiger partial charge is 0.412 e. The molecule has 0 aromatic heterocycles. The lowest BCUT2D eigenvalue weighted by Crippen LogP contribution is -2.27. The second kappa shape index (κ2) is 6.77. The fraction of sp³-hybridized carbons (Fsp3) is 0.462. The van der Waals surface area contributed by atoms with E-state index in [2.05, 4.69) is 5.32 Å². The van der Waals surface area contributed by atoms with Gasteiger partial charge < -0.3 is 9.47 Å². The molecule has 0 aliphatic rings. The van der Waals surface area contributed by atoms with Gasteiger partial charge >= 0.3 is 6.09 Å². The van der Waals surface area contributed by atoms with Crippen molar-refractivity contribution in [3.05, 3.63) is 24.3 Å². The molecule has 21 heavy (non-hydrogen) atoms. The van der Waals surface area contributed by atoms with Gasteiger partial charge in [0.15, 0.2) is 0 Å². The van der Waals surface area contributed by atoms with Gasteiger partial charge in [-0.15, -0.1) is 0 Å². The normalized spacial score (nSPS) is 11.8. The van der Waals surface area contributed by atoms with E-state index in [9.17, 15) is 13.2 Å². The summed E-state index contributed by atoms with van der Waals surface area (Å²) in [7, 11) is -3.53. The van der Waals surface area contributed by atoms with Gasteiger partial charge in [0.05, 0.1) is 5.75 Å². The summed E-state index contributed by atoms with van der Waals surface area (Å²) in [4.78, 5) is 11.6. The van der Waals surface area contributed by atoms with E-state index in [1.165, 1.54) is 0 Å². The lowest BCUT2D eigenvalue weighted by atomic mass is 10.2. The molecule has 0 fully saturated rings. The lowest BCUT2D eigenvalue weighted by Gasteiger charge is -2.19. The molecule has 1 rings (SSSR count). The van der Waals surface area contributed by atoms with Crippen molar-refractivity contribution in [3.63, 3.8) is 0 Å². The summed E-state index contributed by atoms with van der Waals surface area (Å²) in [6.45, 7) is 5.29. The summed E-state index contributed by atoms with van der Waals surface area (Å²) >= 11 is 0. The van der Waals surface area contributed by atoms with Crippen LogP contribution in [0.5, 0.6) is 5.75 Å². The Morgan fingerprint density at radius 3 is 2.29 bits per heavy atom. The maximum Gasteiger partial charge on any atom is 0.412 e. The molecular weight excluding hydrogens is 296 g/mol. The third-order valence-electron chi connectivity index (χ3n) is 2.14. The zero-order valence-corrected chi connectivity index (χ0v) is 13.1. The Kier molecular flexibility index (Phi) is 5.56. The van der Waals surface area contributed by atoms with Crippen LogP contribution in [0.25, 0.3) is 0 Å². The molecular formula is C13H20N2O5S. The Balaban J connectivity index is 2.49. The standard InChI is InChI=1S/C13H20N2O5S/c1-13(2,3)20-12(16)15-10-4-6-11(7-5-10)19-8-9-21(14,17)18/h4-7H,8-9H2,1-3H3,(H,15,16)(H2,14,17,18). The number of nitrogens with one attached hydrogen (secondary N) is 1. The average Bonchev–Trinajstić information content (AvgIpc) is 2.27. The number of sulfonamides is 1. The van der Waals surface area contributed by atoms with Gasteiger partial charge in [0.1, 0.15) is 18.0 Å². The minimum atomic E-state index is -3.53. The van der Waals surface area contributed by atoms with Crippen LogP contribution in [0.15, 0.2) is 24.3 Å². The number of hydrogen-bond donors (Lipinski definition) is 2. The first-order valence-electron chi connectivity index (χ1n) is 6.28. The van der Waals surface area contributed by atoms with Crippen molar-refractivity contribution in [1.29, 1.82) is 0 Å². The lowest BCUT2D eigenvalue weighted by molar-refractivity contribution is 0.0636. The topological polar surface area (TPSA) is 108 Å². The molecule has 1 amide bonds. The summed E-state index contributed by atoms with van der Waals surface area (Å²) in [5.74, 6) is 0.221. The molecule has 0 spiro atoms. The van der Waals surface area contributed by atoms with E-state index in [-0.39, 0.29) is 12.4 Å². The molecule has 0 saturated heterocycles. The van der Waals surface area contributed by atoms with E-state index in [0.29, 0.717) is 11.4 Å². The van der Waals surface area contributed by atoms with E-state index in [4.69, 9.17) is 14.6 Å². The number of amides is 1. The Hall–Kier alpha value is -1.80. The van der Waals surface area contributed by atoms with Crippen molar-refractivity contribution < 1.29 is 22.7 Å². The summed E-state index contributed by atoms with van der Waals surface area (Å²) in [5, 5.41) is 7.43. The summed E-state index contributed by atoms with van der Waals surface area (Å²) in [5.41, 5.74) is -0.0241. The number of carbonyl (C=O) groups is 1. The van der Waals surface area contributed by atoms with Gasteiger partial charge in [-0.05, 0) is 45.0 Å². The Morgan fingerprint density at radius 2 is 1.81 bits per heavy atom. The van der Waals surface area contributed by atoms with Gasteiger partial charge in [0, 0.05) is 5.69 Å². The van der Waals surface area contributed by atoms with Crippen LogP contribution in [-0.4, -0.2) is 32.5 Å². The highest BCUT2D eigenvalue weighted by Crippen LogP contribution is 2.17. The van der Waals surface area contributed by atoms with Gasteiger partial charge in [0.2, 0.25) is 10.0 Å². The quantitative estimate of drug-likeness (QED) is 0.859. The van der Waals surface area contributed by atoms with Gasteiger partial charge in [-0.25, -0.2) is 18.4 Å². The molecule has 0 aliphatic carbocycles. The highest BCUT2D eigenvalue weighted by atomic mass is 32.2. The maximum atomic E-state index is 11.6.